The van der Waals surface area contributed by atoms with Gasteiger partial charge in [-0.1, -0.05) is 29.8 Å². The summed E-state index contributed by atoms with van der Waals surface area (Å²) in [6, 6.07) is 8.42. The van der Waals surface area contributed by atoms with E-state index in [1.807, 2.05) is 12.3 Å². The summed E-state index contributed by atoms with van der Waals surface area (Å²) in [7, 11) is -2.98. The van der Waals surface area contributed by atoms with Crippen molar-refractivity contribution < 1.29 is 8.42 Å². The summed E-state index contributed by atoms with van der Waals surface area (Å²) in [5.74, 6) is 0.767. The number of hydrogen-bond acceptors (Lipinski definition) is 4. The van der Waals surface area contributed by atoms with Crippen molar-refractivity contribution in [3.05, 3.63) is 36.0 Å². The van der Waals surface area contributed by atoms with E-state index >= 15 is 0 Å². The highest BCUT2D eigenvalue weighted by Crippen LogP contribution is 2.37. The molecule has 0 unspecified atom stereocenters. The minimum Gasteiger partial charge on any atom is -0.251 e. The zero-order valence-electron chi connectivity index (χ0n) is 12.1. The predicted octanol–water partition coefficient (Wildman–Crippen LogP) is 2.26. The molecule has 3 rings (SSSR count). The largest absolute Gasteiger partial charge is 0.251 e. The first-order valence-corrected chi connectivity index (χ1v) is 9.25. The van der Waals surface area contributed by atoms with Crippen LogP contribution in [-0.4, -0.2) is 35.4 Å². The first kappa shape index (κ1) is 14.3. The number of nitrogens with zero attached hydrogens (tertiary/aromatic N) is 3. The molecule has 0 spiro atoms. The molecular weight excluding hydrogens is 286 g/mol. The van der Waals surface area contributed by atoms with Crippen LogP contribution in [0.3, 0.4) is 0 Å². The maximum absolute atomic E-state index is 11.2. The summed E-state index contributed by atoms with van der Waals surface area (Å²) >= 11 is 0. The Morgan fingerprint density at radius 3 is 2.81 bits per heavy atom. The lowest BCUT2D eigenvalue weighted by Crippen LogP contribution is -2.11. The summed E-state index contributed by atoms with van der Waals surface area (Å²) in [6.45, 7) is 0.341. The van der Waals surface area contributed by atoms with E-state index in [9.17, 15) is 8.42 Å². The van der Waals surface area contributed by atoms with Gasteiger partial charge in [-0.2, -0.15) is 0 Å². The Kier molecular flexibility index (Phi) is 3.80. The summed E-state index contributed by atoms with van der Waals surface area (Å²) in [5, 5.41) is 8.16. The third kappa shape index (κ3) is 3.50. The molecule has 2 aromatic rings. The summed E-state index contributed by atoms with van der Waals surface area (Å²) in [6.07, 6.45) is 6.89. The van der Waals surface area contributed by atoms with Gasteiger partial charge in [-0.05, 0) is 30.4 Å². The second kappa shape index (κ2) is 5.60. The van der Waals surface area contributed by atoms with Crippen molar-refractivity contribution >= 4 is 9.84 Å². The molecule has 0 amide bonds. The minimum atomic E-state index is -2.98. The maximum Gasteiger partial charge on any atom is 0.149 e. The first-order valence-electron chi connectivity index (χ1n) is 7.19. The number of sulfone groups is 1. The van der Waals surface area contributed by atoms with Gasteiger partial charge in [-0.15, -0.1) is 5.10 Å². The number of aryl methyl sites for hydroxylation is 1. The van der Waals surface area contributed by atoms with Crippen LogP contribution in [-0.2, 0) is 16.4 Å². The minimum absolute atomic E-state index is 0.0813. The normalized spacial score (nSPS) is 15.9. The Morgan fingerprint density at radius 2 is 2.14 bits per heavy atom. The molecule has 0 aliphatic heterocycles. The van der Waals surface area contributed by atoms with Crippen molar-refractivity contribution in [2.24, 2.45) is 0 Å². The number of hydrogen-bond donors (Lipinski definition) is 0. The van der Waals surface area contributed by atoms with Crippen LogP contribution in [0.25, 0.3) is 11.3 Å². The monoisotopic (exact) mass is 305 g/mol. The third-order valence-electron chi connectivity index (χ3n) is 3.99. The predicted molar refractivity (Wildman–Crippen MR) is 81.8 cm³/mol. The highest BCUT2D eigenvalue weighted by molar-refractivity contribution is 7.90. The molecule has 1 fully saturated rings. The molecule has 1 aliphatic carbocycles. The van der Waals surface area contributed by atoms with E-state index in [1.165, 1.54) is 31.1 Å². The molecule has 1 aliphatic rings. The molecule has 21 heavy (non-hydrogen) atoms. The number of aromatic nitrogens is 3. The average Bonchev–Trinajstić information content (AvgIpc) is 2.83. The quantitative estimate of drug-likeness (QED) is 0.850. The third-order valence-corrected chi connectivity index (χ3v) is 4.91. The number of benzene rings is 1. The lowest BCUT2D eigenvalue weighted by molar-refractivity contribution is 0.420. The van der Waals surface area contributed by atoms with E-state index < -0.39 is 9.84 Å². The van der Waals surface area contributed by atoms with Gasteiger partial charge in [-0.3, -0.25) is 4.68 Å². The van der Waals surface area contributed by atoms with E-state index in [4.69, 9.17) is 0 Å². The topological polar surface area (TPSA) is 64.8 Å². The van der Waals surface area contributed by atoms with E-state index in [-0.39, 0.29) is 5.75 Å². The average molecular weight is 305 g/mol. The van der Waals surface area contributed by atoms with Crippen molar-refractivity contribution in [1.29, 1.82) is 0 Å². The number of rotatable bonds is 5. The highest BCUT2D eigenvalue weighted by atomic mass is 32.2. The van der Waals surface area contributed by atoms with Crippen LogP contribution < -0.4 is 0 Å². The van der Waals surface area contributed by atoms with Gasteiger partial charge in [0, 0.05) is 11.8 Å². The molecule has 0 bridgehead atoms. The van der Waals surface area contributed by atoms with Gasteiger partial charge < -0.3 is 0 Å². The van der Waals surface area contributed by atoms with E-state index in [1.54, 1.807) is 4.68 Å². The van der Waals surface area contributed by atoms with Crippen molar-refractivity contribution in [3.63, 3.8) is 0 Å². The van der Waals surface area contributed by atoms with Crippen molar-refractivity contribution in [2.45, 2.75) is 31.7 Å². The molecule has 5 nitrogen and oxygen atoms in total. The Bertz CT molecular complexity index is 733. The van der Waals surface area contributed by atoms with Crippen LogP contribution in [0.15, 0.2) is 30.5 Å². The van der Waals surface area contributed by atoms with Gasteiger partial charge in [0.1, 0.15) is 15.5 Å². The standard InChI is InChI=1S/C15H19N3O2S/c1-21(19,20)9-8-18-11-15(16-17-18)14-7-3-6-13(10-14)12-4-2-5-12/h3,6-7,10-12H,2,4-5,8-9H2,1H3. The maximum atomic E-state index is 11.2. The van der Waals surface area contributed by atoms with Gasteiger partial charge in [0.25, 0.3) is 0 Å². The van der Waals surface area contributed by atoms with Crippen molar-refractivity contribution in [1.82, 2.24) is 15.0 Å². The fourth-order valence-corrected chi connectivity index (χ4v) is 3.01. The molecule has 1 aromatic carbocycles. The Balaban J connectivity index is 1.76. The molecule has 0 atom stereocenters. The second-order valence-corrected chi connectivity index (χ2v) is 8.01. The molecule has 6 heteroatoms. The zero-order chi connectivity index (χ0) is 14.9. The van der Waals surface area contributed by atoms with E-state index in [0.717, 1.165) is 11.3 Å². The van der Waals surface area contributed by atoms with Crippen LogP contribution in [0.5, 0.6) is 0 Å². The molecule has 0 N–H and O–H groups in total. The molecule has 1 aromatic heterocycles. The van der Waals surface area contributed by atoms with Crippen LogP contribution >= 0.6 is 0 Å². The smallest absolute Gasteiger partial charge is 0.149 e. The van der Waals surface area contributed by atoms with Gasteiger partial charge in [-0.25, -0.2) is 8.42 Å². The molecule has 0 saturated heterocycles. The van der Waals surface area contributed by atoms with Gasteiger partial charge in [0.15, 0.2) is 0 Å². The van der Waals surface area contributed by atoms with E-state index in [0.29, 0.717) is 12.5 Å². The van der Waals surface area contributed by atoms with Crippen LogP contribution in [0.4, 0.5) is 0 Å². The Labute approximate surface area is 124 Å². The SMILES string of the molecule is CS(=O)(=O)CCn1cc(-c2cccc(C3CCC3)c2)nn1. The molecule has 1 saturated carbocycles. The zero-order valence-corrected chi connectivity index (χ0v) is 12.9. The Morgan fingerprint density at radius 1 is 1.33 bits per heavy atom. The molecule has 1 heterocycles. The fourth-order valence-electron chi connectivity index (χ4n) is 2.49. The molecule has 0 radical (unpaired) electrons. The lowest BCUT2D eigenvalue weighted by atomic mass is 9.79. The van der Waals surface area contributed by atoms with Crippen LogP contribution in [0, 0.1) is 0 Å². The van der Waals surface area contributed by atoms with Crippen molar-refractivity contribution in [3.8, 4) is 11.3 Å². The van der Waals surface area contributed by atoms with Crippen molar-refractivity contribution in [2.75, 3.05) is 12.0 Å². The summed E-state index contributed by atoms with van der Waals surface area (Å²) in [4.78, 5) is 0. The lowest BCUT2D eigenvalue weighted by Gasteiger charge is -2.25. The summed E-state index contributed by atoms with van der Waals surface area (Å²) < 4.78 is 23.9. The van der Waals surface area contributed by atoms with Crippen LogP contribution in [0.1, 0.15) is 30.7 Å². The molecular formula is C15H19N3O2S. The van der Waals surface area contributed by atoms with Gasteiger partial charge in [0.2, 0.25) is 0 Å². The second-order valence-electron chi connectivity index (χ2n) is 5.75. The molecule has 112 valence electrons. The fraction of sp³-hybridized carbons (Fsp3) is 0.467. The first-order chi connectivity index (χ1) is 10.0. The van der Waals surface area contributed by atoms with Gasteiger partial charge in [0.05, 0.1) is 18.5 Å². The highest BCUT2D eigenvalue weighted by Gasteiger charge is 2.19. The van der Waals surface area contributed by atoms with E-state index in [2.05, 4.69) is 28.5 Å². The Hall–Kier alpha value is -1.69. The summed E-state index contributed by atoms with van der Waals surface area (Å²) in [5.41, 5.74) is 3.21. The van der Waals surface area contributed by atoms with Crippen LogP contribution in [0.2, 0.25) is 0 Å². The van der Waals surface area contributed by atoms with Gasteiger partial charge >= 0.3 is 0 Å².